The first-order valence-electron chi connectivity index (χ1n) is 8.34. The number of benzene rings is 2. The predicted octanol–water partition coefficient (Wildman–Crippen LogP) is 2.77. The number of carbonyl (C=O) groups excluding carboxylic acids is 1. The van der Waals surface area contributed by atoms with Gasteiger partial charge in [0.05, 0.1) is 12.2 Å². The summed E-state index contributed by atoms with van der Waals surface area (Å²) in [7, 11) is 0. The molecule has 0 fully saturated rings. The number of amides is 1. The van der Waals surface area contributed by atoms with E-state index in [9.17, 15) is 14.4 Å². The van der Waals surface area contributed by atoms with E-state index in [0.717, 1.165) is 20.2 Å². The minimum absolute atomic E-state index is 0.324. The first kappa shape index (κ1) is 18.8. The molecular formula is C20H18BrN3O3. The molecule has 7 heteroatoms. The van der Waals surface area contributed by atoms with Crippen LogP contribution in [-0.2, 0) is 17.9 Å². The Kier molecular flexibility index (Phi) is 5.71. The molecule has 0 saturated heterocycles. The Labute approximate surface area is 164 Å². The maximum absolute atomic E-state index is 12.6. The second-order valence-electron chi connectivity index (χ2n) is 6.17. The highest BCUT2D eigenvalue weighted by atomic mass is 79.9. The summed E-state index contributed by atoms with van der Waals surface area (Å²) in [5, 5.41) is 2.72. The fourth-order valence-corrected chi connectivity index (χ4v) is 3.25. The molecule has 1 amide bonds. The summed E-state index contributed by atoms with van der Waals surface area (Å²) in [5.41, 5.74) is 1.52. The smallest absolute Gasteiger partial charge is 0.323 e. The van der Waals surface area contributed by atoms with Crippen LogP contribution in [0.3, 0.4) is 0 Å². The fraction of sp³-hybridized carbons (Fsp3) is 0.150. The molecule has 0 aliphatic rings. The summed E-state index contributed by atoms with van der Waals surface area (Å²) in [5.74, 6) is -0.448. The van der Waals surface area contributed by atoms with Crippen LogP contribution < -0.4 is 16.6 Å². The highest BCUT2D eigenvalue weighted by Crippen LogP contribution is 2.23. The Bertz CT molecular complexity index is 1090. The largest absolute Gasteiger partial charge is 0.331 e. The molecule has 3 rings (SSSR count). The van der Waals surface area contributed by atoms with Crippen LogP contribution in [0.5, 0.6) is 0 Å². The summed E-state index contributed by atoms with van der Waals surface area (Å²) >= 11 is 3.39. The quantitative estimate of drug-likeness (QED) is 0.680. The van der Waals surface area contributed by atoms with Gasteiger partial charge in [0.25, 0.3) is 5.56 Å². The molecule has 0 spiro atoms. The molecule has 0 atom stereocenters. The van der Waals surface area contributed by atoms with Gasteiger partial charge in [0.1, 0.15) is 6.54 Å². The molecule has 0 unspecified atom stereocenters. The maximum Gasteiger partial charge on any atom is 0.331 e. The lowest BCUT2D eigenvalue weighted by Crippen LogP contribution is -2.41. The Hall–Kier alpha value is -2.93. The molecule has 2 aromatic carbocycles. The standard InChI is InChI=1S/C20H18BrN3O3/c1-14-7-8-17(16(21)11-14)22-18(25)13-24-19(26)9-10-23(20(24)27)12-15-5-3-2-4-6-15/h2-11H,12-13H2,1H3,(H,22,25). The molecule has 0 bridgehead atoms. The van der Waals surface area contributed by atoms with E-state index in [-0.39, 0.29) is 6.54 Å². The lowest BCUT2D eigenvalue weighted by atomic mass is 10.2. The molecule has 0 saturated carbocycles. The number of nitrogens with zero attached hydrogens (tertiary/aromatic N) is 2. The second kappa shape index (κ2) is 8.18. The highest BCUT2D eigenvalue weighted by molar-refractivity contribution is 9.10. The van der Waals surface area contributed by atoms with E-state index in [1.165, 1.54) is 16.8 Å². The van der Waals surface area contributed by atoms with Crippen LogP contribution in [0, 0.1) is 6.92 Å². The van der Waals surface area contributed by atoms with Crippen molar-refractivity contribution in [3.8, 4) is 0 Å². The molecule has 1 aromatic heterocycles. The van der Waals surface area contributed by atoms with E-state index in [4.69, 9.17) is 0 Å². The van der Waals surface area contributed by atoms with Crippen LogP contribution in [-0.4, -0.2) is 15.0 Å². The average Bonchev–Trinajstić information content (AvgIpc) is 2.64. The van der Waals surface area contributed by atoms with Crippen LogP contribution in [0.4, 0.5) is 5.69 Å². The number of hydrogen-bond acceptors (Lipinski definition) is 3. The van der Waals surface area contributed by atoms with Crippen LogP contribution >= 0.6 is 15.9 Å². The van der Waals surface area contributed by atoms with E-state index in [0.29, 0.717) is 12.2 Å². The van der Waals surface area contributed by atoms with Gasteiger partial charge in [-0.05, 0) is 46.1 Å². The van der Waals surface area contributed by atoms with Crippen molar-refractivity contribution in [2.45, 2.75) is 20.0 Å². The van der Waals surface area contributed by atoms with Gasteiger partial charge in [-0.2, -0.15) is 0 Å². The van der Waals surface area contributed by atoms with Crippen LogP contribution in [0.1, 0.15) is 11.1 Å². The first-order chi connectivity index (χ1) is 12.9. The SMILES string of the molecule is Cc1ccc(NC(=O)Cn2c(=O)ccn(Cc3ccccc3)c2=O)c(Br)c1. The summed E-state index contributed by atoms with van der Waals surface area (Å²) in [6, 6.07) is 16.2. The third-order valence-corrected chi connectivity index (χ3v) is 4.69. The average molecular weight is 428 g/mol. The van der Waals surface area contributed by atoms with Gasteiger partial charge in [-0.15, -0.1) is 0 Å². The number of nitrogens with one attached hydrogen (secondary N) is 1. The Morgan fingerprint density at radius 3 is 2.52 bits per heavy atom. The van der Waals surface area contributed by atoms with Gasteiger partial charge < -0.3 is 5.32 Å². The molecule has 3 aromatic rings. The number of rotatable bonds is 5. The van der Waals surface area contributed by atoms with Crippen molar-refractivity contribution in [3.63, 3.8) is 0 Å². The Morgan fingerprint density at radius 1 is 1.07 bits per heavy atom. The van der Waals surface area contributed by atoms with Gasteiger partial charge >= 0.3 is 5.69 Å². The topological polar surface area (TPSA) is 73.1 Å². The predicted molar refractivity (Wildman–Crippen MR) is 108 cm³/mol. The van der Waals surface area contributed by atoms with Crippen LogP contribution in [0.2, 0.25) is 0 Å². The van der Waals surface area contributed by atoms with E-state index in [1.54, 1.807) is 6.07 Å². The number of aromatic nitrogens is 2. The number of aryl methyl sites for hydroxylation is 1. The summed E-state index contributed by atoms with van der Waals surface area (Å²) in [6.45, 7) is 1.91. The zero-order chi connectivity index (χ0) is 19.4. The molecule has 6 nitrogen and oxygen atoms in total. The van der Waals surface area contributed by atoms with Crippen molar-refractivity contribution < 1.29 is 4.79 Å². The molecule has 0 radical (unpaired) electrons. The van der Waals surface area contributed by atoms with Crippen molar-refractivity contribution >= 4 is 27.5 Å². The highest BCUT2D eigenvalue weighted by Gasteiger charge is 2.12. The van der Waals surface area contributed by atoms with Crippen molar-refractivity contribution in [3.05, 3.63) is 97.2 Å². The monoisotopic (exact) mass is 427 g/mol. The van der Waals surface area contributed by atoms with Crippen LogP contribution in [0.25, 0.3) is 0 Å². The number of hydrogen-bond donors (Lipinski definition) is 1. The molecule has 138 valence electrons. The third kappa shape index (κ3) is 4.62. The molecule has 0 aliphatic heterocycles. The summed E-state index contributed by atoms with van der Waals surface area (Å²) < 4.78 is 3.07. The van der Waals surface area contributed by atoms with Gasteiger partial charge in [-0.3, -0.25) is 18.7 Å². The normalized spacial score (nSPS) is 10.6. The lowest BCUT2D eigenvalue weighted by molar-refractivity contribution is -0.116. The van der Waals surface area contributed by atoms with Gasteiger partial charge in [-0.1, -0.05) is 36.4 Å². The maximum atomic E-state index is 12.6. The molecular weight excluding hydrogens is 410 g/mol. The zero-order valence-electron chi connectivity index (χ0n) is 14.7. The Balaban J connectivity index is 1.81. The fourth-order valence-electron chi connectivity index (χ4n) is 2.66. The van der Waals surface area contributed by atoms with Gasteiger partial charge in [0.2, 0.25) is 5.91 Å². The molecule has 0 aliphatic carbocycles. The number of carbonyl (C=O) groups is 1. The first-order valence-corrected chi connectivity index (χ1v) is 9.13. The van der Waals surface area contributed by atoms with Gasteiger partial charge in [0, 0.05) is 16.7 Å². The van der Waals surface area contributed by atoms with Crippen molar-refractivity contribution in [1.29, 1.82) is 0 Å². The summed E-state index contributed by atoms with van der Waals surface area (Å²) in [6.07, 6.45) is 1.45. The second-order valence-corrected chi connectivity index (χ2v) is 7.02. The number of halogens is 1. The Morgan fingerprint density at radius 2 is 1.81 bits per heavy atom. The van der Waals surface area contributed by atoms with Crippen molar-refractivity contribution in [1.82, 2.24) is 9.13 Å². The molecule has 27 heavy (non-hydrogen) atoms. The third-order valence-electron chi connectivity index (χ3n) is 4.04. The van der Waals surface area contributed by atoms with E-state index in [1.807, 2.05) is 49.4 Å². The molecule has 1 heterocycles. The lowest BCUT2D eigenvalue weighted by Gasteiger charge is -2.11. The van der Waals surface area contributed by atoms with Gasteiger partial charge in [-0.25, -0.2) is 4.79 Å². The minimum Gasteiger partial charge on any atom is -0.323 e. The van der Waals surface area contributed by atoms with Crippen molar-refractivity contribution in [2.24, 2.45) is 0 Å². The number of anilines is 1. The minimum atomic E-state index is -0.524. The van der Waals surface area contributed by atoms with E-state index in [2.05, 4.69) is 21.2 Å². The van der Waals surface area contributed by atoms with E-state index >= 15 is 0 Å². The molecule has 1 N–H and O–H groups in total. The van der Waals surface area contributed by atoms with Crippen LogP contribution in [0.15, 0.2) is 74.9 Å². The van der Waals surface area contributed by atoms with Gasteiger partial charge in [0.15, 0.2) is 0 Å². The summed E-state index contributed by atoms with van der Waals surface area (Å²) in [4.78, 5) is 37.1. The van der Waals surface area contributed by atoms with Crippen molar-refractivity contribution in [2.75, 3.05) is 5.32 Å². The zero-order valence-corrected chi connectivity index (χ0v) is 16.3. The van der Waals surface area contributed by atoms with E-state index < -0.39 is 17.2 Å².